The maximum atomic E-state index is 5.80. The summed E-state index contributed by atoms with van der Waals surface area (Å²) in [7, 11) is 4.14. The third kappa shape index (κ3) is 3.43. The number of nitrogens with two attached hydrogens (primary N) is 1. The molecule has 0 bridgehead atoms. The molecule has 86 valence electrons. The summed E-state index contributed by atoms with van der Waals surface area (Å²) in [6.45, 7) is 4.88. The van der Waals surface area contributed by atoms with Gasteiger partial charge in [0.2, 0.25) is 0 Å². The Balaban J connectivity index is 2.52. The highest BCUT2D eigenvalue weighted by Gasteiger charge is 2.06. The van der Waals surface area contributed by atoms with Gasteiger partial charge in [-0.2, -0.15) is 5.10 Å². The third-order valence-electron chi connectivity index (χ3n) is 2.19. The van der Waals surface area contributed by atoms with E-state index in [1.807, 2.05) is 4.68 Å². The van der Waals surface area contributed by atoms with Crippen molar-refractivity contribution in [2.75, 3.05) is 38.2 Å². The molecule has 0 atom stereocenters. The molecule has 0 saturated carbocycles. The molecule has 0 saturated heterocycles. The minimum Gasteiger partial charge on any atom is -0.394 e. The molecule has 1 heterocycles. The van der Waals surface area contributed by atoms with Gasteiger partial charge in [0, 0.05) is 13.1 Å². The van der Waals surface area contributed by atoms with Crippen LogP contribution in [0.25, 0.3) is 0 Å². The highest BCUT2D eigenvalue weighted by molar-refractivity contribution is 5.60. The van der Waals surface area contributed by atoms with Gasteiger partial charge in [-0.15, -0.1) is 0 Å². The molecule has 1 aromatic heterocycles. The van der Waals surface area contributed by atoms with E-state index in [0.717, 1.165) is 37.6 Å². The fraction of sp³-hybridized carbons (Fsp3) is 0.700. The second kappa shape index (κ2) is 5.60. The van der Waals surface area contributed by atoms with Crippen molar-refractivity contribution in [2.45, 2.75) is 19.9 Å². The zero-order valence-electron chi connectivity index (χ0n) is 9.82. The molecule has 15 heavy (non-hydrogen) atoms. The summed E-state index contributed by atoms with van der Waals surface area (Å²) >= 11 is 0. The molecular weight excluding hydrogens is 190 g/mol. The Hall–Kier alpha value is -1.23. The van der Waals surface area contributed by atoms with Gasteiger partial charge < -0.3 is 16.0 Å². The molecule has 0 unspecified atom stereocenters. The van der Waals surface area contributed by atoms with Gasteiger partial charge in [-0.05, 0) is 34.0 Å². The first kappa shape index (κ1) is 11.8. The normalized spacial score (nSPS) is 10.9. The van der Waals surface area contributed by atoms with Crippen LogP contribution in [0.3, 0.4) is 0 Å². The Morgan fingerprint density at radius 1 is 1.53 bits per heavy atom. The number of aryl methyl sites for hydroxylation is 1. The monoisotopic (exact) mass is 211 g/mol. The molecule has 5 nitrogen and oxygen atoms in total. The van der Waals surface area contributed by atoms with Gasteiger partial charge in [-0.25, -0.2) is 4.68 Å². The van der Waals surface area contributed by atoms with Gasteiger partial charge in [0.25, 0.3) is 0 Å². The summed E-state index contributed by atoms with van der Waals surface area (Å²) in [5, 5.41) is 7.47. The molecule has 1 aromatic rings. The van der Waals surface area contributed by atoms with Crippen LogP contribution in [0.15, 0.2) is 6.20 Å². The quantitative estimate of drug-likeness (QED) is 0.732. The van der Waals surface area contributed by atoms with Crippen molar-refractivity contribution < 1.29 is 0 Å². The van der Waals surface area contributed by atoms with E-state index >= 15 is 0 Å². The smallest absolute Gasteiger partial charge is 0.147 e. The second-order valence-corrected chi connectivity index (χ2v) is 3.86. The molecule has 0 fully saturated rings. The summed E-state index contributed by atoms with van der Waals surface area (Å²) in [5.74, 6) is 0.941. The third-order valence-corrected chi connectivity index (χ3v) is 2.19. The largest absolute Gasteiger partial charge is 0.394 e. The van der Waals surface area contributed by atoms with Gasteiger partial charge in [-0.3, -0.25) is 0 Å². The number of anilines is 2. The number of nitrogens with one attached hydrogen (secondary N) is 1. The van der Waals surface area contributed by atoms with E-state index in [4.69, 9.17) is 5.73 Å². The predicted octanol–water partition coefficient (Wildman–Crippen LogP) is 0.849. The fourth-order valence-electron chi connectivity index (χ4n) is 1.47. The van der Waals surface area contributed by atoms with Crippen molar-refractivity contribution >= 4 is 11.5 Å². The highest BCUT2D eigenvalue weighted by atomic mass is 15.3. The standard InChI is InChI=1S/C10H21N5/c1-4-12-10-9(11)8-13-15(10)7-5-6-14(2)3/h8,12H,4-7,11H2,1-3H3. The summed E-state index contributed by atoms with van der Waals surface area (Å²) in [5.41, 5.74) is 6.53. The Labute approximate surface area is 91.2 Å². The van der Waals surface area contributed by atoms with Crippen LogP contribution in [-0.2, 0) is 6.54 Å². The van der Waals surface area contributed by atoms with E-state index in [-0.39, 0.29) is 0 Å². The first-order chi connectivity index (χ1) is 7.15. The SMILES string of the molecule is CCNc1c(N)cnn1CCCN(C)C. The maximum Gasteiger partial charge on any atom is 0.147 e. The van der Waals surface area contributed by atoms with Crippen LogP contribution >= 0.6 is 0 Å². The lowest BCUT2D eigenvalue weighted by Crippen LogP contribution is -2.16. The average molecular weight is 211 g/mol. The molecule has 0 aliphatic carbocycles. The molecule has 0 aromatic carbocycles. The van der Waals surface area contributed by atoms with Gasteiger partial charge >= 0.3 is 0 Å². The minimum atomic E-state index is 0.724. The van der Waals surface area contributed by atoms with E-state index in [1.54, 1.807) is 6.20 Å². The van der Waals surface area contributed by atoms with Crippen LogP contribution < -0.4 is 11.1 Å². The lowest BCUT2D eigenvalue weighted by Gasteiger charge is -2.11. The Morgan fingerprint density at radius 2 is 2.27 bits per heavy atom. The van der Waals surface area contributed by atoms with E-state index in [0.29, 0.717) is 0 Å². The summed E-state index contributed by atoms with van der Waals surface area (Å²) in [6, 6.07) is 0. The fourth-order valence-corrected chi connectivity index (χ4v) is 1.47. The lowest BCUT2D eigenvalue weighted by molar-refractivity contribution is 0.381. The first-order valence-electron chi connectivity index (χ1n) is 5.35. The molecule has 0 spiro atoms. The molecular formula is C10H21N5. The number of hydrogen-bond donors (Lipinski definition) is 2. The molecule has 0 aliphatic rings. The van der Waals surface area contributed by atoms with Gasteiger partial charge in [0.05, 0.1) is 11.9 Å². The van der Waals surface area contributed by atoms with E-state index in [9.17, 15) is 0 Å². The number of hydrogen-bond acceptors (Lipinski definition) is 4. The second-order valence-electron chi connectivity index (χ2n) is 3.86. The first-order valence-corrected chi connectivity index (χ1v) is 5.35. The van der Waals surface area contributed by atoms with E-state index in [1.165, 1.54) is 0 Å². The zero-order chi connectivity index (χ0) is 11.3. The van der Waals surface area contributed by atoms with E-state index in [2.05, 4.69) is 36.3 Å². The molecule has 1 rings (SSSR count). The predicted molar refractivity (Wildman–Crippen MR) is 64.0 cm³/mol. The van der Waals surface area contributed by atoms with Gasteiger partial charge in [0.15, 0.2) is 0 Å². The summed E-state index contributed by atoms with van der Waals surface area (Å²) < 4.78 is 1.93. The molecule has 0 amide bonds. The van der Waals surface area contributed by atoms with Crippen LogP contribution in [-0.4, -0.2) is 41.9 Å². The van der Waals surface area contributed by atoms with Crippen LogP contribution in [0.4, 0.5) is 11.5 Å². The van der Waals surface area contributed by atoms with Crippen molar-refractivity contribution in [3.63, 3.8) is 0 Å². The summed E-state index contributed by atoms with van der Waals surface area (Å²) in [4.78, 5) is 2.17. The lowest BCUT2D eigenvalue weighted by atomic mass is 10.4. The average Bonchev–Trinajstić information content (AvgIpc) is 2.50. The van der Waals surface area contributed by atoms with Gasteiger partial charge in [0.1, 0.15) is 5.82 Å². The minimum absolute atomic E-state index is 0.724. The number of nitrogens with zero attached hydrogens (tertiary/aromatic N) is 3. The number of nitrogen functional groups attached to an aromatic ring is 1. The van der Waals surface area contributed by atoms with Gasteiger partial charge in [-0.1, -0.05) is 0 Å². The van der Waals surface area contributed by atoms with Crippen LogP contribution in [0, 0.1) is 0 Å². The molecule has 0 radical (unpaired) electrons. The number of aromatic nitrogens is 2. The summed E-state index contributed by atoms with van der Waals surface area (Å²) in [6.07, 6.45) is 2.78. The van der Waals surface area contributed by atoms with Crippen molar-refractivity contribution in [2.24, 2.45) is 0 Å². The van der Waals surface area contributed by atoms with Crippen molar-refractivity contribution in [3.8, 4) is 0 Å². The molecule has 0 aliphatic heterocycles. The van der Waals surface area contributed by atoms with Crippen molar-refractivity contribution in [1.82, 2.24) is 14.7 Å². The van der Waals surface area contributed by atoms with Crippen LogP contribution in [0.5, 0.6) is 0 Å². The zero-order valence-corrected chi connectivity index (χ0v) is 9.82. The van der Waals surface area contributed by atoms with Crippen LogP contribution in [0.2, 0.25) is 0 Å². The van der Waals surface area contributed by atoms with Crippen molar-refractivity contribution in [1.29, 1.82) is 0 Å². The van der Waals surface area contributed by atoms with Crippen molar-refractivity contribution in [3.05, 3.63) is 6.20 Å². The van der Waals surface area contributed by atoms with Crippen LogP contribution in [0.1, 0.15) is 13.3 Å². The highest BCUT2D eigenvalue weighted by Crippen LogP contribution is 2.17. The van der Waals surface area contributed by atoms with E-state index < -0.39 is 0 Å². The Kier molecular flexibility index (Phi) is 4.42. The Morgan fingerprint density at radius 3 is 2.87 bits per heavy atom. The molecule has 5 heteroatoms. The Bertz CT molecular complexity index is 292. The number of rotatable bonds is 6. The topological polar surface area (TPSA) is 59.1 Å². The molecule has 3 N–H and O–H groups in total. The maximum absolute atomic E-state index is 5.80.